The van der Waals surface area contributed by atoms with E-state index in [0.29, 0.717) is 10.8 Å². The summed E-state index contributed by atoms with van der Waals surface area (Å²) in [5.41, 5.74) is 4.38. The number of rotatable bonds is 9. The molecule has 5 rings (SSSR count). The summed E-state index contributed by atoms with van der Waals surface area (Å²) in [6, 6.07) is 30.8. The average molecular weight is 594 g/mol. The topological polar surface area (TPSA) is 108 Å². The lowest BCUT2D eigenvalue weighted by Crippen LogP contribution is -2.19. The Labute approximate surface area is 251 Å². The highest BCUT2D eigenvalue weighted by Gasteiger charge is 2.24. The maximum Gasteiger partial charge on any atom is 0.336 e. The fourth-order valence-corrected chi connectivity index (χ4v) is 6.18. The number of carboxylic acids is 1. The number of aromatic carboxylic acids is 1. The van der Waals surface area contributed by atoms with Gasteiger partial charge in [-0.1, -0.05) is 72.3 Å². The van der Waals surface area contributed by atoms with Crippen LogP contribution >= 0.6 is 23.1 Å². The Morgan fingerprint density at radius 2 is 1.43 bits per heavy atom. The molecular weight excluding hydrogens is 567 g/mol. The molecule has 5 aromatic rings. The van der Waals surface area contributed by atoms with Crippen LogP contribution < -0.4 is 10.6 Å². The molecule has 4 aromatic carbocycles. The summed E-state index contributed by atoms with van der Waals surface area (Å²) < 4.78 is 0. The van der Waals surface area contributed by atoms with Crippen LogP contribution in [0, 0.1) is 13.8 Å². The molecule has 0 aliphatic rings. The smallest absolute Gasteiger partial charge is 0.336 e. The van der Waals surface area contributed by atoms with Crippen molar-refractivity contribution in [2.75, 3.05) is 10.6 Å². The first-order valence-electron chi connectivity index (χ1n) is 13.1. The minimum Gasteiger partial charge on any atom is -0.478 e. The zero-order valence-electron chi connectivity index (χ0n) is 22.8. The van der Waals surface area contributed by atoms with Crippen molar-refractivity contribution in [2.45, 2.75) is 24.0 Å². The maximum atomic E-state index is 13.6. The standard InChI is InChI=1S/C33H27N3O4S2/c1-20-12-14-22(15-13-20)28-21(2)41-33(35-28)36-31(38)29(23-8-4-3-5-9-23)42-25-18-16-24(17-19-25)34-30(37)26-10-6-7-11-27(26)32(39)40/h3-19,29H,1-2H3,(H,34,37)(H,39,40)(H,35,36,38). The fourth-order valence-electron chi connectivity index (χ4n) is 4.32. The average Bonchev–Trinajstić information content (AvgIpc) is 3.36. The van der Waals surface area contributed by atoms with Crippen molar-refractivity contribution in [3.05, 3.63) is 130 Å². The van der Waals surface area contributed by atoms with Gasteiger partial charge in [0.25, 0.3) is 5.91 Å². The predicted molar refractivity (Wildman–Crippen MR) is 168 cm³/mol. The molecule has 0 spiro atoms. The first kappa shape index (κ1) is 28.8. The number of thiazole rings is 1. The van der Waals surface area contributed by atoms with Gasteiger partial charge in [0, 0.05) is 21.0 Å². The molecule has 1 heterocycles. The van der Waals surface area contributed by atoms with Crippen molar-refractivity contribution < 1.29 is 19.5 Å². The molecule has 1 atom stereocenters. The van der Waals surface area contributed by atoms with Crippen molar-refractivity contribution in [3.8, 4) is 11.3 Å². The molecule has 0 aliphatic heterocycles. The van der Waals surface area contributed by atoms with Gasteiger partial charge in [0.2, 0.25) is 5.91 Å². The number of thioether (sulfide) groups is 1. The third-order valence-corrected chi connectivity index (χ3v) is 8.61. The van der Waals surface area contributed by atoms with Crippen molar-refractivity contribution in [1.82, 2.24) is 4.98 Å². The second-order valence-corrected chi connectivity index (χ2v) is 11.9. The largest absolute Gasteiger partial charge is 0.478 e. The quantitative estimate of drug-likeness (QED) is 0.150. The second kappa shape index (κ2) is 12.8. The molecule has 1 aromatic heterocycles. The van der Waals surface area contributed by atoms with Crippen molar-refractivity contribution in [3.63, 3.8) is 0 Å². The summed E-state index contributed by atoms with van der Waals surface area (Å²) in [6.45, 7) is 4.03. The van der Waals surface area contributed by atoms with Gasteiger partial charge in [0.05, 0.1) is 16.8 Å². The number of nitrogens with zero attached hydrogens (tertiary/aromatic N) is 1. The number of benzene rings is 4. The second-order valence-electron chi connectivity index (χ2n) is 9.52. The van der Waals surface area contributed by atoms with Crippen LogP contribution in [0.3, 0.4) is 0 Å². The Morgan fingerprint density at radius 3 is 2.10 bits per heavy atom. The van der Waals surface area contributed by atoms with Crippen molar-refractivity contribution in [1.29, 1.82) is 0 Å². The molecule has 3 N–H and O–H groups in total. The van der Waals surface area contributed by atoms with Gasteiger partial charge in [-0.15, -0.1) is 23.1 Å². The van der Waals surface area contributed by atoms with Gasteiger partial charge in [-0.05, 0) is 55.8 Å². The van der Waals surface area contributed by atoms with E-state index in [4.69, 9.17) is 4.98 Å². The van der Waals surface area contributed by atoms with E-state index in [2.05, 4.69) is 10.6 Å². The van der Waals surface area contributed by atoms with Gasteiger partial charge in [-0.2, -0.15) is 0 Å². The highest BCUT2D eigenvalue weighted by Crippen LogP contribution is 2.38. The summed E-state index contributed by atoms with van der Waals surface area (Å²) in [4.78, 5) is 44.4. The van der Waals surface area contributed by atoms with Gasteiger partial charge >= 0.3 is 5.97 Å². The van der Waals surface area contributed by atoms with E-state index < -0.39 is 17.1 Å². The van der Waals surface area contributed by atoms with Crippen LogP contribution in [0.25, 0.3) is 11.3 Å². The highest BCUT2D eigenvalue weighted by molar-refractivity contribution is 8.00. The third-order valence-electron chi connectivity index (χ3n) is 6.46. The number of aromatic nitrogens is 1. The molecule has 42 heavy (non-hydrogen) atoms. The number of carbonyl (C=O) groups excluding carboxylic acids is 2. The van der Waals surface area contributed by atoms with E-state index >= 15 is 0 Å². The number of aryl methyl sites for hydroxylation is 2. The van der Waals surface area contributed by atoms with Gasteiger partial charge < -0.3 is 15.7 Å². The summed E-state index contributed by atoms with van der Waals surface area (Å²) in [6.07, 6.45) is 0. The Hall–Kier alpha value is -4.73. The SMILES string of the molecule is Cc1ccc(-c2nc(NC(=O)C(Sc3ccc(NC(=O)c4ccccc4C(=O)O)cc3)c3ccccc3)sc2C)cc1. The number of hydrogen-bond acceptors (Lipinski definition) is 6. The molecular formula is C33H27N3O4S2. The summed E-state index contributed by atoms with van der Waals surface area (Å²) in [5, 5.41) is 15.1. The van der Waals surface area contributed by atoms with Crippen LogP contribution in [-0.2, 0) is 4.79 Å². The molecule has 0 radical (unpaired) electrons. The number of amides is 2. The van der Waals surface area contributed by atoms with Crippen LogP contribution in [0.4, 0.5) is 10.8 Å². The molecule has 2 amide bonds. The lowest BCUT2D eigenvalue weighted by molar-refractivity contribution is -0.115. The summed E-state index contributed by atoms with van der Waals surface area (Å²) in [5.74, 6) is -1.88. The van der Waals surface area contributed by atoms with E-state index in [1.54, 1.807) is 24.3 Å². The van der Waals surface area contributed by atoms with Gasteiger partial charge in [0.15, 0.2) is 5.13 Å². The van der Waals surface area contributed by atoms with E-state index in [1.165, 1.54) is 40.8 Å². The monoisotopic (exact) mass is 593 g/mol. The van der Waals surface area contributed by atoms with Crippen LogP contribution in [0.2, 0.25) is 0 Å². The Balaban J connectivity index is 1.32. The summed E-state index contributed by atoms with van der Waals surface area (Å²) in [7, 11) is 0. The van der Waals surface area contributed by atoms with Crippen molar-refractivity contribution >= 4 is 51.7 Å². The van der Waals surface area contributed by atoms with Gasteiger partial charge in [-0.25, -0.2) is 9.78 Å². The minimum atomic E-state index is -1.17. The molecule has 0 bridgehead atoms. The minimum absolute atomic E-state index is 0.0692. The van der Waals surface area contributed by atoms with Crippen LogP contribution in [0.5, 0.6) is 0 Å². The Bertz CT molecular complexity index is 1730. The van der Waals surface area contributed by atoms with Gasteiger partial charge in [0.1, 0.15) is 5.25 Å². The Kier molecular flexibility index (Phi) is 8.80. The van der Waals surface area contributed by atoms with E-state index in [1.807, 2.05) is 80.6 Å². The van der Waals surface area contributed by atoms with E-state index in [9.17, 15) is 19.5 Å². The number of anilines is 2. The Morgan fingerprint density at radius 1 is 0.786 bits per heavy atom. The molecule has 1 unspecified atom stereocenters. The molecule has 210 valence electrons. The lowest BCUT2D eigenvalue weighted by Gasteiger charge is -2.16. The van der Waals surface area contributed by atoms with Crippen LogP contribution in [0.15, 0.2) is 108 Å². The van der Waals surface area contributed by atoms with Gasteiger partial charge in [-0.3, -0.25) is 9.59 Å². The third kappa shape index (κ3) is 6.76. The first-order chi connectivity index (χ1) is 20.3. The number of nitrogens with one attached hydrogen (secondary N) is 2. The zero-order chi connectivity index (χ0) is 29.6. The molecule has 0 fully saturated rings. The highest BCUT2D eigenvalue weighted by atomic mass is 32.2. The zero-order valence-corrected chi connectivity index (χ0v) is 24.5. The predicted octanol–water partition coefficient (Wildman–Crippen LogP) is 7.85. The van der Waals surface area contributed by atoms with E-state index in [0.717, 1.165) is 26.6 Å². The molecule has 7 nitrogen and oxygen atoms in total. The van der Waals surface area contributed by atoms with E-state index in [-0.39, 0.29) is 17.0 Å². The molecule has 0 saturated carbocycles. The van der Waals surface area contributed by atoms with Crippen LogP contribution in [0.1, 0.15) is 42.0 Å². The molecule has 0 aliphatic carbocycles. The normalized spacial score (nSPS) is 11.5. The lowest BCUT2D eigenvalue weighted by atomic mass is 10.1. The number of carbonyl (C=O) groups is 3. The number of hydrogen-bond donors (Lipinski definition) is 3. The fraction of sp³-hybridized carbons (Fsp3) is 0.0909. The molecule has 9 heteroatoms. The van der Waals surface area contributed by atoms with Crippen molar-refractivity contribution in [2.24, 2.45) is 0 Å². The molecule has 0 saturated heterocycles. The summed E-state index contributed by atoms with van der Waals surface area (Å²) >= 11 is 2.82. The van der Waals surface area contributed by atoms with Crippen LogP contribution in [-0.4, -0.2) is 27.9 Å². The first-order valence-corrected chi connectivity index (χ1v) is 14.8. The maximum absolute atomic E-state index is 13.6. The number of carboxylic acid groups (broad SMARTS) is 1.